The quantitative estimate of drug-likeness (QED) is 0.819. The van der Waals surface area contributed by atoms with E-state index < -0.39 is 0 Å². The molecule has 1 heterocycles. The van der Waals surface area contributed by atoms with Crippen molar-refractivity contribution in [1.82, 2.24) is 5.32 Å². The second kappa shape index (κ2) is 4.50. The molecule has 1 unspecified atom stereocenters. The fourth-order valence-electron chi connectivity index (χ4n) is 2.12. The van der Waals surface area contributed by atoms with E-state index in [0.29, 0.717) is 5.92 Å². The average molecular weight is 228 g/mol. The summed E-state index contributed by atoms with van der Waals surface area (Å²) in [5.74, 6) is 0.320. The van der Waals surface area contributed by atoms with Gasteiger partial charge in [-0.1, -0.05) is 17.7 Å². The summed E-state index contributed by atoms with van der Waals surface area (Å²) in [7, 11) is 0. The topological polar surface area (TPSA) is 12.0 Å². The second-order valence-electron chi connectivity index (χ2n) is 4.22. The molecular formula is C12H15ClFN. The van der Waals surface area contributed by atoms with E-state index in [1.54, 1.807) is 6.07 Å². The van der Waals surface area contributed by atoms with E-state index >= 15 is 0 Å². The molecule has 0 saturated carbocycles. The average Bonchev–Trinajstić information content (AvgIpc) is 2.71. The maximum atomic E-state index is 13.8. The highest BCUT2D eigenvalue weighted by molar-refractivity contribution is 6.30. The van der Waals surface area contributed by atoms with E-state index in [0.717, 1.165) is 37.1 Å². The van der Waals surface area contributed by atoms with E-state index in [4.69, 9.17) is 11.6 Å². The maximum absolute atomic E-state index is 13.8. The van der Waals surface area contributed by atoms with Crippen molar-refractivity contribution in [2.24, 2.45) is 5.92 Å². The molecular weight excluding hydrogens is 213 g/mol. The highest BCUT2D eigenvalue weighted by Crippen LogP contribution is 2.25. The second-order valence-corrected chi connectivity index (χ2v) is 4.63. The molecule has 0 aromatic heterocycles. The van der Waals surface area contributed by atoms with Crippen LogP contribution in [0.3, 0.4) is 0 Å². The van der Waals surface area contributed by atoms with Crippen molar-refractivity contribution in [3.8, 4) is 0 Å². The van der Waals surface area contributed by atoms with Gasteiger partial charge in [0.1, 0.15) is 5.82 Å². The van der Waals surface area contributed by atoms with Gasteiger partial charge in [0, 0.05) is 0 Å². The number of halogens is 2. The molecule has 0 amide bonds. The van der Waals surface area contributed by atoms with Gasteiger partial charge in [-0.05, 0) is 56.0 Å². The summed E-state index contributed by atoms with van der Waals surface area (Å²) in [6.07, 6.45) is 1.93. The molecule has 1 aliphatic rings. The van der Waals surface area contributed by atoms with Gasteiger partial charge in [-0.15, -0.1) is 0 Å². The largest absolute Gasteiger partial charge is 0.316 e. The Bertz CT molecular complexity index is 359. The Hall–Kier alpha value is -0.600. The van der Waals surface area contributed by atoms with Crippen LogP contribution in [0.25, 0.3) is 0 Å². The number of hydrogen-bond donors (Lipinski definition) is 1. The molecule has 82 valence electrons. The molecule has 1 aliphatic heterocycles. The van der Waals surface area contributed by atoms with Gasteiger partial charge in [0.25, 0.3) is 0 Å². The summed E-state index contributed by atoms with van der Waals surface area (Å²) >= 11 is 5.78. The van der Waals surface area contributed by atoms with Crippen LogP contribution in [0.4, 0.5) is 4.39 Å². The summed E-state index contributed by atoms with van der Waals surface area (Å²) in [6, 6.07) is 3.52. The Labute approximate surface area is 94.6 Å². The molecule has 1 saturated heterocycles. The first-order chi connectivity index (χ1) is 7.18. The maximum Gasteiger partial charge on any atom is 0.145 e. The molecule has 3 heteroatoms. The van der Waals surface area contributed by atoms with E-state index in [1.165, 1.54) is 0 Å². The zero-order chi connectivity index (χ0) is 10.8. The molecule has 1 nitrogen and oxygen atoms in total. The Kier molecular flexibility index (Phi) is 3.27. The van der Waals surface area contributed by atoms with E-state index in [9.17, 15) is 4.39 Å². The molecule has 1 aromatic rings. The lowest BCUT2D eigenvalue weighted by Crippen LogP contribution is -2.12. The number of hydrogen-bond acceptors (Lipinski definition) is 1. The van der Waals surface area contributed by atoms with Gasteiger partial charge < -0.3 is 5.32 Å². The summed E-state index contributed by atoms with van der Waals surface area (Å²) in [5.41, 5.74) is 1.79. The van der Waals surface area contributed by atoms with E-state index in [2.05, 4.69) is 5.32 Å². The molecule has 0 aliphatic carbocycles. The minimum Gasteiger partial charge on any atom is -0.316 e. The third-order valence-corrected chi connectivity index (χ3v) is 3.38. The van der Waals surface area contributed by atoms with Crippen molar-refractivity contribution in [2.75, 3.05) is 13.1 Å². The molecule has 1 fully saturated rings. The molecule has 15 heavy (non-hydrogen) atoms. The van der Waals surface area contributed by atoms with Gasteiger partial charge in [-0.2, -0.15) is 0 Å². The van der Waals surface area contributed by atoms with Crippen molar-refractivity contribution < 1.29 is 4.39 Å². The van der Waals surface area contributed by atoms with Crippen LogP contribution in [0.5, 0.6) is 0 Å². The van der Waals surface area contributed by atoms with Crippen molar-refractivity contribution in [3.63, 3.8) is 0 Å². The van der Waals surface area contributed by atoms with E-state index in [-0.39, 0.29) is 10.8 Å². The molecule has 0 bridgehead atoms. The van der Waals surface area contributed by atoms with E-state index in [1.807, 2.05) is 13.0 Å². The summed E-state index contributed by atoms with van der Waals surface area (Å²) in [5, 5.41) is 3.53. The van der Waals surface area contributed by atoms with Crippen molar-refractivity contribution >= 4 is 11.6 Å². The van der Waals surface area contributed by atoms with Crippen LogP contribution in [0, 0.1) is 18.7 Å². The number of aryl methyl sites for hydroxylation is 1. The van der Waals surface area contributed by atoms with Crippen molar-refractivity contribution in [3.05, 3.63) is 34.1 Å². The van der Waals surface area contributed by atoms with Crippen LogP contribution in [-0.4, -0.2) is 13.1 Å². The van der Waals surface area contributed by atoms with Crippen LogP contribution in [0.15, 0.2) is 12.1 Å². The highest BCUT2D eigenvalue weighted by Gasteiger charge is 2.19. The van der Waals surface area contributed by atoms with Crippen LogP contribution in [-0.2, 0) is 6.42 Å². The molecule has 2 rings (SSSR count). The first-order valence-electron chi connectivity index (χ1n) is 5.32. The minimum absolute atomic E-state index is 0.233. The minimum atomic E-state index is -0.233. The van der Waals surface area contributed by atoms with Crippen molar-refractivity contribution in [1.29, 1.82) is 0 Å². The molecule has 0 radical (unpaired) electrons. The third-order valence-electron chi connectivity index (χ3n) is 3.09. The number of benzene rings is 1. The van der Waals surface area contributed by atoms with Gasteiger partial charge in [0.05, 0.1) is 5.02 Å². The van der Waals surface area contributed by atoms with Crippen molar-refractivity contribution in [2.45, 2.75) is 19.8 Å². The van der Waals surface area contributed by atoms with Crippen LogP contribution < -0.4 is 5.32 Å². The zero-order valence-corrected chi connectivity index (χ0v) is 9.57. The molecule has 1 atom stereocenters. The summed E-state index contributed by atoms with van der Waals surface area (Å²) in [4.78, 5) is 0. The third kappa shape index (κ3) is 2.32. The normalized spacial score (nSPS) is 20.9. The van der Waals surface area contributed by atoms with Crippen LogP contribution >= 0.6 is 11.6 Å². The first-order valence-corrected chi connectivity index (χ1v) is 5.70. The SMILES string of the molecule is Cc1ccc(Cl)c(F)c1CC1CCNC1. The fraction of sp³-hybridized carbons (Fsp3) is 0.500. The zero-order valence-electron chi connectivity index (χ0n) is 8.82. The van der Waals surface area contributed by atoms with Gasteiger partial charge in [0.2, 0.25) is 0 Å². The Balaban J connectivity index is 2.22. The standard InChI is InChI=1S/C12H15ClFN/c1-8-2-3-11(13)12(14)10(8)6-9-4-5-15-7-9/h2-3,9,15H,4-7H2,1H3. The van der Waals surface area contributed by atoms with Gasteiger partial charge >= 0.3 is 0 Å². The monoisotopic (exact) mass is 227 g/mol. The molecule has 1 N–H and O–H groups in total. The predicted octanol–water partition coefficient (Wildman–Crippen LogP) is 2.94. The Morgan fingerprint density at radius 2 is 2.33 bits per heavy atom. The Morgan fingerprint density at radius 1 is 1.53 bits per heavy atom. The van der Waals surface area contributed by atoms with Gasteiger partial charge in [-0.25, -0.2) is 4.39 Å². The summed E-state index contributed by atoms with van der Waals surface area (Å²) in [6.45, 7) is 3.98. The van der Waals surface area contributed by atoms with Gasteiger partial charge in [-0.3, -0.25) is 0 Å². The van der Waals surface area contributed by atoms with Gasteiger partial charge in [0.15, 0.2) is 0 Å². The lowest BCUT2D eigenvalue weighted by atomic mass is 9.95. The highest BCUT2D eigenvalue weighted by atomic mass is 35.5. The lowest BCUT2D eigenvalue weighted by molar-refractivity contribution is 0.541. The smallest absolute Gasteiger partial charge is 0.145 e. The summed E-state index contributed by atoms with van der Waals surface area (Å²) < 4.78 is 13.8. The van der Waals surface area contributed by atoms with Crippen LogP contribution in [0.2, 0.25) is 5.02 Å². The predicted molar refractivity (Wildman–Crippen MR) is 60.8 cm³/mol. The number of nitrogens with one attached hydrogen (secondary N) is 1. The molecule has 0 spiro atoms. The number of rotatable bonds is 2. The lowest BCUT2D eigenvalue weighted by Gasteiger charge is -2.12. The fourth-order valence-corrected chi connectivity index (χ4v) is 2.29. The van der Waals surface area contributed by atoms with Crippen LogP contribution in [0.1, 0.15) is 17.5 Å². The molecule has 1 aromatic carbocycles. The Morgan fingerprint density at radius 3 is 3.00 bits per heavy atom. The first kappa shape index (κ1) is 10.9.